The summed E-state index contributed by atoms with van der Waals surface area (Å²) in [6.07, 6.45) is 7.54. The number of hydrogen-bond acceptors (Lipinski definition) is 5. The largest absolute Gasteiger partial charge is 0.299 e. The Morgan fingerprint density at radius 2 is 1.86 bits per heavy atom. The van der Waals surface area contributed by atoms with Crippen molar-refractivity contribution >= 4 is 26.6 Å². The van der Waals surface area contributed by atoms with Crippen LogP contribution in [0.3, 0.4) is 0 Å². The zero-order chi connectivity index (χ0) is 25.3. The normalized spacial score (nSPS) is 17.9. The van der Waals surface area contributed by atoms with E-state index in [0.717, 1.165) is 70.0 Å². The fourth-order valence-corrected chi connectivity index (χ4v) is 6.62. The Morgan fingerprint density at radius 1 is 1.08 bits per heavy atom. The summed E-state index contributed by atoms with van der Waals surface area (Å²) in [7, 11) is -3.53. The number of rotatable bonds is 6. The van der Waals surface area contributed by atoms with Crippen molar-refractivity contribution in [3.05, 3.63) is 65.2 Å². The first kappa shape index (κ1) is 24.5. The zero-order valence-electron chi connectivity index (χ0n) is 20.7. The monoisotopic (exact) mass is 504 g/mol. The average Bonchev–Trinajstić information content (AvgIpc) is 3.26. The Bertz CT molecular complexity index is 1450. The SMILES string of the molecule is CS(=O)(=O)c1cc2ccccc2n1NC(=O)C1(CCN2CCc3cc(C#N)ccc3C2)CCCCC1. The van der Waals surface area contributed by atoms with E-state index in [1.54, 1.807) is 6.07 Å². The van der Waals surface area contributed by atoms with Gasteiger partial charge in [0.15, 0.2) is 14.9 Å². The van der Waals surface area contributed by atoms with Crippen molar-refractivity contribution in [2.24, 2.45) is 5.41 Å². The van der Waals surface area contributed by atoms with Gasteiger partial charge >= 0.3 is 0 Å². The Labute approximate surface area is 212 Å². The molecule has 2 aromatic carbocycles. The molecule has 1 amide bonds. The molecule has 5 rings (SSSR count). The smallest absolute Gasteiger partial charge is 0.245 e. The van der Waals surface area contributed by atoms with E-state index in [0.29, 0.717) is 11.1 Å². The molecule has 0 unspecified atom stereocenters. The molecule has 0 bridgehead atoms. The van der Waals surface area contributed by atoms with Crippen molar-refractivity contribution in [2.45, 2.75) is 56.5 Å². The lowest BCUT2D eigenvalue weighted by atomic mass is 9.71. The van der Waals surface area contributed by atoms with Crippen molar-refractivity contribution in [2.75, 3.05) is 24.8 Å². The van der Waals surface area contributed by atoms with E-state index in [-0.39, 0.29) is 10.9 Å². The second-order valence-corrected chi connectivity index (χ2v) is 12.3. The van der Waals surface area contributed by atoms with Crippen LogP contribution >= 0.6 is 0 Å². The molecule has 0 radical (unpaired) electrons. The average molecular weight is 505 g/mol. The molecule has 0 atom stereocenters. The molecule has 0 saturated heterocycles. The van der Waals surface area contributed by atoms with Gasteiger partial charge in [-0.25, -0.2) is 13.1 Å². The van der Waals surface area contributed by atoms with E-state index in [2.05, 4.69) is 16.4 Å². The minimum absolute atomic E-state index is 0.0930. The third-order valence-electron chi connectivity index (χ3n) is 7.90. The summed E-state index contributed by atoms with van der Waals surface area (Å²) in [4.78, 5) is 16.3. The number of carbonyl (C=O) groups excluding carboxylic acids is 1. The second-order valence-electron chi connectivity index (χ2n) is 10.3. The molecule has 2 aliphatic rings. The first-order valence-corrected chi connectivity index (χ1v) is 14.5. The molecule has 36 heavy (non-hydrogen) atoms. The Kier molecular flexibility index (Phi) is 6.62. The molecular weight excluding hydrogens is 472 g/mol. The van der Waals surface area contributed by atoms with Crippen LogP contribution in [0, 0.1) is 16.7 Å². The highest BCUT2D eigenvalue weighted by Gasteiger charge is 2.40. The number of carbonyl (C=O) groups is 1. The van der Waals surface area contributed by atoms with Gasteiger partial charge < -0.3 is 0 Å². The van der Waals surface area contributed by atoms with Gasteiger partial charge in [-0.1, -0.05) is 43.5 Å². The number of nitriles is 1. The summed E-state index contributed by atoms with van der Waals surface area (Å²) in [5.74, 6) is -0.0930. The summed E-state index contributed by atoms with van der Waals surface area (Å²) in [5.41, 5.74) is 6.36. The fourth-order valence-electron chi connectivity index (χ4n) is 5.80. The van der Waals surface area contributed by atoms with Crippen molar-refractivity contribution in [3.8, 4) is 6.07 Å². The maximum absolute atomic E-state index is 13.9. The summed E-state index contributed by atoms with van der Waals surface area (Å²) < 4.78 is 26.5. The molecule has 0 spiro atoms. The quantitative estimate of drug-likeness (QED) is 0.537. The van der Waals surface area contributed by atoms with Crippen LogP contribution in [0.25, 0.3) is 10.9 Å². The van der Waals surface area contributed by atoms with Gasteiger partial charge in [0.2, 0.25) is 5.91 Å². The van der Waals surface area contributed by atoms with Crippen molar-refractivity contribution in [1.29, 1.82) is 5.26 Å². The van der Waals surface area contributed by atoms with E-state index in [1.165, 1.54) is 22.1 Å². The molecule has 1 aromatic heterocycles. The number of aromatic nitrogens is 1. The molecule has 7 nitrogen and oxygen atoms in total. The summed E-state index contributed by atoms with van der Waals surface area (Å²) in [6.45, 7) is 2.53. The van der Waals surface area contributed by atoms with Gasteiger partial charge in [-0.2, -0.15) is 5.26 Å². The molecule has 3 aromatic rings. The molecule has 1 aliphatic carbocycles. The van der Waals surface area contributed by atoms with Crippen LogP contribution in [0.2, 0.25) is 0 Å². The summed E-state index contributed by atoms with van der Waals surface area (Å²) >= 11 is 0. The lowest BCUT2D eigenvalue weighted by molar-refractivity contribution is -0.129. The lowest BCUT2D eigenvalue weighted by Crippen LogP contribution is -2.44. The maximum Gasteiger partial charge on any atom is 0.245 e. The van der Waals surface area contributed by atoms with Crippen LogP contribution in [0.1, 0.15) is 55.2 Å². The third-order valence-corrected chi connectivity index (χ3v) is 8.96. The van der Waals surface area contributed by atoms with Crippen LogP contribution in [0.5, 0.6) is 0 Å². The molecule has 8 heteroatoms. The topological polar surface area (TPSA) is 95.2 Å². The van der Waals surface area contributed by atoms with Gasteiger partial charge in [0, 0.05) is 24.7 Å². The van der Waals surface area contributed by atoms with Gasteiger partial charge in [-0.05, 0) is 67.6 Å². The molecule has 1 saturated carbocycles. The number of hydrogen-bond donors (Lipinski definition) is 1. The number of sulfone groups is 1. The molecular formula is C28H32N4O3S. The van der Waals surface area contributed by atoms with E-state index in [9.17, 15) is 18.5 Å². The highest BCUT2D eigenvalue weighted by atomic mass is 32.2. The van der Waals surface area contributed by atoms with E-state index in [1.807, 2.05) is 42.5 Å². The number of nitrogens with zero attached hydrogens (tertiary/aromatic N) is 3. The Balaban J connectivity index is 1.37. The zero-order valence-corrected chi connectivity index (χ0v) is 21.5. The maximum atomic E-state index is 13.9. The Hall–Kier alpha value is -3.15. The fraction of sp³-hybridized carbons (Fsp3) is 0.429. The molecule has 1 N–H and O–H groups in total. The van der Waals surface area contributed by atoms with Crippen molar-refractivity contribution in [1.82, 2.24) is 9.58 Å². The van der Waals surface area contributed by atoms with Crippen LogP contribution in [0.15, 0.2) is 53.6 Å². The number of benzene rings is 2. The Morgan fingerprint density at radius 3 is 2.61 bits per heavy atom. The van der Waals surface area contributed by atoms with E-state index in [4.69, 9.17) is 0 Å². The van der Waals surface area contributed by atoms with Crippen molar-refractivity contribution in [3.63, 3.8) is 0 Å². The highest BCUT2D eigenvalue weighted by molar-refractivity contribution is 7.90. The van der Waals surface area contributed by atoms with Crippen LogP contribution in [-0.2, 0) is 27.6 Å². The minimum Gasteiger partial charge on any atom is -0.299 e. The van der Waals surface area contributed by atoms with Gasteiger partial charge in [0.25, 0.3) is 0 Å². The minimum atomic E-state index is -3.53. The van der Waals surface area contributed by atoms with E-state index >= 15 is 0 Å². The van der Waals surface area contributed by atoms with E-state index < -0.39 is 15.3 Å². The summed E-state index contributed by atoms with van der Waals surface area (Å²) in [5, 5.41) is 10.1. The number of para-hydroxylation sites is 1. The van der Waals surface area contributed by atoms with Gasteiger partial charge in [0.1, 0.15) is 0 Å². The standard InChI is InChI=1S/C28H32N4O3S/c1-36(34,35)26-18-23-7-3-4-8-25(23)32(26)30-27(33)28(12-5-2-6-13-28)14-16-31-15-11-22-17-21(19-29)9-10-24(22)20-31/h3-4,7-10,17-18H,2,5-6,11-16,20H2,1H3,(H,30,33). The van der Waals surface area contributed by atoms with Crippen LogP contribution in [-0.4, -0.2) is 43.2 Å². The third kappa shape index (κ3) is 4.78. The molecule has 1 aliphatic heterocycles. The predicted octanol–water partition coefficient (Wildman–Crippen LogP) is 4.39. The van der Waals surface area contributed by atoms with Gasteiger partial charge in [-0.15, -0.1) is 0 Å². The van der Waals surface area contributed by atoms with Gasteiger partial charge in [-0.3, -0.25) is 15.1 Å². The number of fused-ring (bicyclic) bond motifs is 2. The van der Waals surface area contributed by atoms with Crippen LogP contribution in [0.4, 0.5) is 0 Å². The lowest BCUT2D eigenvalue weighted by Gasteiger charge is -2.38. The van der Waals surface area contributed by atoms with Gasteiger partial charge in [0.05, 0.1) is 22.6 Å². The molecule has 2 heterocycles. The van der Waals surface area contributed by atoms with Crippen molar-refractivity contribution < 1.29 is 13.2 Å². The van der Waals surface area contributed by atoms with Crippen LogP contribution < -0.4 is 5.43 Å². The number of nitrogens with one attached hydrogen (secondary N) is 1. The summed E-state index contributed by atoms with van der Waals surface area (Å²) in [6, 6.07) is 17.2. The first-order valence-electron chi connectivity index (χ1n) is 12.7. The predicted molar refractivity (Wildman–Crippen MR) is 140 cm³/mol. The first-order chi connectivity index (χ1) is 17.3. The second kappa shape index (κ2) is 9.72. The highest BCUT2D eigenvalue weighted by Crippen LogP contribution is 2.41. The number of amides is 1. The molecule has 1 fully saturated rings. The molecule has 188 valence electrons.